The molecule has 3 aromatic rings. The lowest BCUT2D eigenvalue weighted by Crippen LogP contribution is -2.41. The van der Waals surface area contributed by atoms with E-state index in [0.717, 1.165) is 17.5 Å². The molecule has 1 aromatic heterocycles. The maximum Gasteiger partial charge on any atom is 0.243 e. The topological polar surface area (TPSA) is 97.2 Å². The van der Waals surface area contributed by atoms with E-state index < -0.39 is 10.0 Å². The van der Waals surface area contributed by atoms with Gasteiger partial charge in [-0.05, 0) is 69.0 Å². The highest BCUT2D eigenvalue weighted by atomic mass is 35.5. The molecule has 1 aliphatic rings. The second-order valence-electron chi connectivity index (χ2n) is 8.59. The van der Waals surface area contributed by atoms with Crippen LogP contribution in [0.1, 0.15) is 44.7 Å². The fourth-order valence-corrected chi connectivity index (χ4v) is 5.82. The van der Waals surface area contributed by atoms with Gasteiger partial charge < -0.3 is 5.32 Å². The number of aryl methyl sites for hydroxylation is 1. The number of benzene rings is 2. The van der Waals surface area contributed by atoms with Gasteiger partial charge in [0.25, 0.3) is 0 Å². The minimum atomic E-state index is -3.69. The van der Waals surface area contributed by atoms with Gasteiger partial charge in [0.1, 0.15) is 5.52 Å². The number of carbonyl (C=O) groups excluding carboxylic acids is 1. The Labute approximate surface area is 199 Å². The van der Waals surface area contributed by atoms with Crippen LogP contribution in [-0.4, -0.2) is 46.7 Å². The van der Waals surface area contributed by atoms with E-state index in [-0.39, 0.29) is 35.9 Å². The molecule has 33 heavy (non-hydrogen) atoms. The van der Waals surface area contributed by atoms with E-state index in [0.29, 0.717) is 29.1 Å². The number of anilines is 1. The molecule has 0 spiro atoms. The number of hydrogen-bond acceptors (Lipinski definition) is 5. The number of nitrogens with one attached hydrogen (secondary N) is 1. The first kappa shape index (κ1) is 23.7. The van der Waals surface area contributed by atoms with Crippen LogP contribution in [0.2, 0.25) is 5.02 Å². The Balaban J connectivity index is 1.44. The molecule has 10 heteroatoms. The minimum absolute atomic E-state index is 0.138. The van der Waals surface area contributed by atoms with Crippen molar-refractivity contribution in [1.82, 2.24) is 19.3 Å². The van der Waals surface area contributed by atoms with E-state index >= 15 is 0 Å². The number of hydrogen-bond donors (Lipinski definition) is 1. The molecular weight excluding hydrogens is 462 g/mol. The van der Waals surface area contributed by atoms with E-state index in [4.69, 9.17) is 11.6 Å². The molecule has 0 saturated carbocycles. The van der Waals surface area contributed by atoms with Crippen LogP contribution in [0.25, 0.3) is 11.0 Å². The van der Waals surface area contributed by atoms with Crippen LogP contribution in [0, 0.1) is 12.8 Å². The summed E-state index contributed by atoms with van der Waals surface area (Å²) in [5, 5.41) is 11.7. The molecule has 1 amide bonds. The van der Waals surface area contributed by atoms with Crippen molar-refractivity contribution in [2.75, 3.05) is 18.4 Å². The van der Waals surface area contributed by atoms with Gasteiger partial charge in [-0.2, -0.15) is 4.31 Å². The van der Waals surface area contributed by atoms with Crippen molar-refractivity contribution in [3.8, 4) is 0 Å². The van der Waals surface area contributed by atoms with Crippen molar-refractivity contribution < 1.29 is 13.2 Å². The maximum absolute atomic E-state index is 13.2. The lowest BCUT2D eigenvalue weighted by molar-refractivity contribution is -0.120. The zero-order valence-corrected chi connectivity index (χ0v) is 20.5. The lowest BCUT2D eigenvalue weighted by Gasteiger charge is -2.30. The van der Waals surface area contributed by atoms with Gasteiger partial charge in [0.05, 0.1) is 27.2 Å². The molecule has 0 aliphatic carbocycles. The van der Waals surface area contributed by atoms with Crippen LogP contribution >= 0.6 is 11.6 Å². The molecule has 176 valence electrons. The average Bonchev–Trinajstić information content (AvgIpc) is 3.24. The summed E-state index contributed by atoms with van der Waals surface area (Å²) < 4.78 is 29.7. The second kappa shape index (κ2) is 9.40. The first-order chi connectivity index (χ1) is 15.7. The normalized spacial score (nSPS) is 16.7. The van der Waals surface area contributed by atoms with Crippen molar-refractivity contribution in [1.29, 1.82) is 0 Å². The van der Waals surface area contributed by atoms with Crippen LogP contribution < -0.4 is 5.32 Å². The predicted octanol–water partition coefficient (Wildman–Crippen LogP) is 4.40. The van der Waals surface area contributed by atoms with Gasteiger partial charge in [0, 0.05) is 19.0 Å². The molecule has 4 rings (SSSR count). The fourth-order valence-electron chi connectivity index (χ4n) is 4.04. The van der Waals surface area contributed by atoms with Gasteiger partial charge >= 0.3 is 0 Å². The molecule has 0 unspecified atom stereocenters. The summed E-state index contributed by atoms with van der Waals surface area (Å²) in [4.78, 5) is 12.9. The number of sulfonamides is 1. The number of halogens is 1. The molecule has 8 nitrogen and oxygen atoms in total. The minimum Gasteiger partial charge on any atom is -0.325 e. The Hall–Kier alpha value is -2.49. The zero-order valence-electron chi connectivity index (χ0n) is 19.0. The summed E-state index contributed by atoms with van der Waals surface area (Å²) in [6.07, 6.45) is 1.79. The van der Waals surface area contributed by atoms with Gasteiger partial charge in [0.15, 0.2) is 0 Å². The Kier molecular flexibility index (Phi) is 6.74. The quantitative estimate of drug-likeness (QED) is 0.553. The SMILES string of the molecule is CC[C@H](C)n1nnc2cc(S(=O)(=O)N3CCC(C(=O)Nc4ccc(C)cc4Cl)CC3)ccc21. The third kappa shape index (κ3) is 4.76. The molecule has 2 aromatic carbocycles. The Bertz CT molecular complexity index is 1280. The van der Waals surface area contributed by atoms with E-state index in [1.54, 1.807) is 30.3 Å². The number of nitrogens with zero attached hydrogens (tertiary/aromatic N) is 4. The first-order valence-electron chi connectivity index (χ1n) is 11.1. The molecule has 1 aliphatic heterocycles. The van der Waals surface area contributed by atoms with Gasteiger partial charge in [0.2, 0.25) is 15.9 Å². The number of piperidine rings is 1. The van der Waals surface area contributed by atoms with Gasteiger partial charge in [-0.1, -0.05) is 29.8 Å². The highest BCUT2D eigenvalue weighted by Gasteiger charge is 2.32. The van der Waals surface area contributed by atoms with E-state index in [1.807, 2.05) is 24.6 Å². The standard InChI is InChI=1S/C23H28ClN5O3S/c1-4-16(3)29-22-8-6-18(14-21(22)26-27-29)33(31,32)28-11-9-17(10-12-28)23(30)25-20-7-5-15(2)13-19(20)24/h5-8,13-14,16-17H,4,9-12H2,1-3H3,(H,25,30)/t16-/m0/s1. The summed E-state index contributed by atoms with van der Waals surface area (Å²) >= 11 is 6.22. The van der Waals surface area contributed by atoms with Crippen LogP contribution in [0.15, 0.2) is 41.3 Å². The van der Waals surface area contributed by atoms with Gasteiger partial charge in [-0.3, -0.25) is 4.79 Å². The monoisotopic (exact) mass is 489 g/mol. The highest BCUT2D eigenvalue weighted by Crippen LogP contribution is 2.28. The van der Waals surface area contributed by atoms with Crippen molar-refractivity contribution in [2.24, 2.45) is 5.92 Å². The molecule has 2 heterocycles. The molecule has 1 N–H and O–H groups in total. The third-order valence-corrected chi connectivity index (χ3v) is 8.50. The van der Waals surface area contributed by atoms with Crippen LogP contribution in [-0.2, 0) is 14.8 Å². The second-order valence-corrected chi connectivity index (χ2v) is 10.9. The molecule has 0 radical (unpaired) electrons. The van der Waals surface area contributed by atoms with Crippen molar-refractivity contribution in [3.05, 3.63) is 47.0 Å². The van der Waals surface area contributed by atoms with Crippen molar-refractivity contribution in [2.45, 2.75) is 51.0 Å². The fraction of sp³-hybridized carbons (Fsp3) is 0.435. The molecule has 1 atom stereocenters. The summed E-state index contributed by atoms with van der Waals surface area (Å²) in [5.41, 5.74) is 2.95. The molecule has 0 bridgehead atoms. The molecular formula is C23H28ClN5O3S. The zero-order chi connectivity index (χ0) is 23.8. The number of aromatic nitrogens is 3. The summed E-state index contributed by atoms with van der Waals surface area (Å²) in [5.74, 6) is -0.410. The van der Waals surface area contributed by atoms with Crippen molar-refractivity contribution >= 4 is 44.3 Å². The molecule has 1 fully saturated rings. The lowest BCUT2D eigenvalue weighted by atomic mass is 9.97. The summed E-state index contributed by atoms with van der Waals surface area (Å²) in [7, 11) is -3.69. The Morgan fingerprint density at radius 3 is 2.61 bits per heavy atom. The first-order valence-corrected chi connectivity index (χ1v) is 12.9. The number of rotatable bonds is 6. The predicted molar refractivity (Wildman–Crippen MR) is 129 cm³/mol. The van der Waals surface area contributed by atoms with Crippen LogP contribution in [0.4, 0.5) is 5.69 Å². The largest absolute Gasteiger partial charge is 0.325 e. The Morgan fingerprint density at radius 2 is 1.94 bits per heavy atom. The van der Waals surface area contributed by atoms with Crippen molar-refractivity contribution in [3.63, 3.8) is 0 Å². The number of carbonyl (C=O) groups is 1. The molecule has 1 saturated heterocycles. The highest BCUT2D eigenvalue weighted by molar-refractivity contribution is 7.89. The number of amides is 1. The Morgan fingerprint density at radius 1 is 1.21 bits per heavy atom. The van der Waals surface area contributed by atoms with Crippen LogP contribution in [0.5, 0.6) is 0 Å². The van der Waals surface area contributed by atoms with Gasteiger partial charge in [-0.15, -0.1) is 5.10 Å². The van der Waals surface area contributed by atoms with Crippen LogP contribution in [0.3, 0.4) is 0 Å². The maximum atomic E-state index is 13.2. The number of fused-ring (bicyclic) bond motifs is 1. The van der Waals surface area contributed by atoms with E-state index in [1.165, 1.54) is 4.31 Å². The average molecular weight is 490 g/mol. The van der Waals surface area contributed by atoms with E-state index in [9.17, 15) is 13.2 Å². The smallest absolute Gasteiger partial charge is 0.243 e. The third-order valence-electron chi connectivity index (χ3n) is 6.30. The van der Waals surface area contributed by atoms with Gasteiger partial charge in [-0.25, -0.2) is 13.1 Å². The summed E-state index contributed by atoms with van der Waals surface area (Å²) in [6, 6.07) is 10.6. The summed E-state index contributed by atoms with van der Waals surface area (Å²) in [6.45, 7) is 6.60. The van der Waals surface area contributed by atoms with E-state index in [2.05, 4.69) is 22.6 Å².